The Kier molecular flexibility index (Phi) is 3.99. The molecule has 1 aromatic carbocycles. The topological polar surface area (TPSA) is 82.0 Å². The van der Waals surface area contributed by atoms with Gasteiger partial charge in [-0.1, -0.05) is 11.3 Å². The van der Waals surface area contributed by atoms with Crippen LogP contribution in [0.4, 0.5) is 4.39 Å². The van der Waals surface area contributed by atoms with E-state index in [2.05, 4.69) is 15.0 Å². The van der Waals surface area contributed by atoms with E-state index in [1.54, 1.807) is 19.1 Å². The molecule has 0 spiro atoms. The Morgan fingerprint density at radius 2 is 1.87 bits per heavy atom. The molecule has 0 fully saturated rings. The number of hydrogen-bond acceptors (Lipinski definition) is 7. The minimum Gasteiger partial charge on any atom is -0.476 e. The summed E-state index contributed by atoms with van der Waals surface area (Å²) >= 11 is 1.20. The number of fused-ring (bicyclic) bond motifs is 1. The molecule has 6 nitrogen and oxygen atoms in total. The summed E-state index contributed by atoms with van der Waals surface area (Å²) in [6.07, 6.45) is 1.03. The van der Waals surface area contributed by atoms with Crippen LogP contribution in [-0.4, -0.2) is 36.2 Å². The average Bonchev–Trinajstić information content (AvgIpc) is 2.91. The van der Waals surface area contributed by atoms with Crippen molar-refractivity contribution in [3.63, 3.8) is 0 Å². The van der Waals surface area contributed by atoms with Gasteiger partial charge in [0.2, 0.25) is 15.7 Å². The average molecular weight is 353 g/mol. The molecule has 0 atom stereocenters. The fourth-order valence-electron chi connectivity index (χ4n) is 1.90. The number of benzene rings is 1. The molecule has 0 aliphatic rings. The van der Waals surface area contributed by atoms with E-state index in [4.69, 9.17) is 4.74 Å². The van der Waals surface area contributed by atoms with Gasteiger partial charge in [0.05, 0.1) is 6.61 Å². The van der Waals surface area contributed by atoms with Crippen LogP contribution in [0.15, 0.2) is 29.4 Å². The van der Waals surface area contributed by atoms with E-state index < -0.39 is 9.84 Å². The number of nitrogens with zero attached hydrogens (tertiary/aromatic N) is 3. The zero-order valence-corrected chi connectivity index (χ0v) is 13.9. The van der Waals surface area contributed by atoms with Gasteiger partial charge in [-0.3, -0.25) is 0 Å². The maximum absolute atomic E-state index is 13.0. The molecule has 0 bridgehead atoms. The minimum absolute atomic E-state index is 0.127. The first-order chi connectivity index (χ1) is 10.9. The predicted molar refractivity (Wildman–Crippen MR) is 84.9 cm³/mol. The van der Waals surface area contributed by atoms with Crippen LogP contribution in [0.2, 0.25) is 0 Å². The van der Waals surface area contributed by atoms with Gasteiger partial charge in [0.1, 0.15) is 10.8 Å². The maximum atomic E-state index is 13.0. The molecule has 0 aliphatic heterocycles. The first-order valence-electron chi connectivity index (χ1n) is 6.66. The van der Waals surface area contributed by atoms with E-state index in [1.165, 1.54) is 23.5 Å². The summed E-state index contributed by atoms with van der Waals surface area (Å²) in [5.41, 5.74) is 1.10. The number of thiazole rings is 1. The normalized spacial score (nSPS) is 11.8. The van der Waals surface area contributed by atoms with Crippen LogP contribution in [0.25, 0.3) is 20.9 Å². The summed E-state index contributed by atoms with van der Waals surface area (Å²) in [6.45, 7) is 2.08. The lowest BCUT2D eigenvalue weighted by Gasteiger charge is -2.03. The Hall–Kier alpha value is -2.13. The Morgan fingerprint density at radius 1 is 1.17 bits per heavy atom. The number of sulfone groups is 1. The van der Waals surface area contributed by atoms with Gasteiger partial charge < -0.3 is 4.74 Å². The maximum Gasteiger partial charge on any atom is 0.251 e. The molecule has 3 rings (SSSR count). The zero-order chi connectivity index (χ0) is 16.6. The van der Waals surface area contributed by atoms with Crippen LogP contribution in [0, 0.1) is 5.82 Å². The molecule has 0 N–H and O–H groups in total. The van der Waals surface area contributed by atoms with Crippen LogP contribution in [0.5, 0.6) is 5.88 Å². The number of rotatable bonds is 4. The lowest BCUT2D eigenvalue weighted by Crippen LogP contribution is -2.06. The van der Waals surface area contributed by atoms with Crippen molar-refractivity contribution in [1.82, 2.24) is 15.0 Å². The van der Waals surface area contributed by atoms with Crippen molar-refractivity contribution in [2.75, 3.05) is 12.9 Å². The highest BCUT2D eigenvalue weighted by Gasteiger charge is 2.20. The molecule has 23 heavy (non-hydrogen) atoms. The highest BCUT2D eigenvalue weighted by Crippen LogP contribution is 2.33. The summed E-state index contributed by atoms with van der Waals surface area (Å²) in [6, 6.07) is 5.85. The molecule has 2 heterocycles. The van der Waals surface area contributed by atoms with Gasteiger partial charge in [0, 0.05) is 11.8 Å². The molecule has 0 saturated carbocycles. The van der Waals surface area contributed by atoms with Gasteiger partial charge in [0.15, 0.2) is 10.3 Å². The molecule has 120 valence electrons. The van der Waals surface area contributed by atoms with E-state index in [0.717, 1.165) is 6.26 Å². The van der Waals surface area contributed by atoms with Crippen LogP contribution in [0.3, 0.4) is 0 Å². The van der Waals surface area contributed by atoms with Gasteiger partial charge in [-0.15, -0.1) is 0 Å². The number of ether oxygens (including phenoxy) is 1. The summed E-state index contributed by atoms with van der Waals surface area (Å²) in [5, 5.41) is 0.281. The van der Waals surface area contributed by atoms with E-state index in [-0.39, 0.29) is 16.9 Å². The molecule has 0 saturated heterocycles. The minimum atomic E-state index is -3.57. The number of hydrogen-bond donors (Lipinski definition) is 0. The fourth-order valence-corrected chi connectivity index (χ4v) is 3.40. The highest BCUT2D eigenvalue weighted by molar-refractivity contribution is 7.90. The van der Waals surface area contributed by atoms with Crippen molar-refractivity contribution >= 4 is 31.5 Å². The fraction of sp³-hybridized carbons (Fsp3) is 0.214. The predicted octanol–water partition coefficient (Wildman–Crippen LogP) is 2.69. The molecule has 0 aliphatic carbocycles. The van der Waals surface area contributed by atoms with Crippen molar-refractivity contribution in [2.45, 2.75) is 12.1 Å². The second kappa shape index (κ2) is 5.82. The van der Waals surface area contributed by atoms with Gasteiger partial charge >= 0.3 is 0 Å². The van der Waals surface area contributed by atoms with Crippen LogP contribution in [-0.2, 0) is 9.84 Å². The lowest BCUT2D eigenvalue weighted by molar-refractivity contribution is 0.327. The monoisotopic (exact) mass is 353 g/mol. The number of aromatic nitrogens is 3. The van der Waals surface area contributed by atoms with Crippen molar-refractivity contribution in [3.05, 3.63) is 30.1 Å². The molecule has 0 radical (unpaired) electrons. The van der Waals surface area contributed by atoms with Crippen molar-refractivity contribution in [1.29, 1.82) is 0 Å². The zero-order valence-electron chi connectivity index (χ0n) is 12.3. The number of halogens is 1. The van der Waals surface area contributed by atoms with Crippen molar-refractivity contribution in [2.24, 2.45) is 0 Å². The third-order valence-corrected chi connectivity index (χ3v) is 4.75. The van der Waals surface area contributed by atoms with Crippen LogP contribution >= 0.6 is 11.3 Å². The van der Waals surface area contributed by atoms with E-state index in [1.807, 2.05) is 0 Å². The van der Waals surface area contributed by atoms with Crippen LogP contribution in [0.1, 0.15) is 6.92 Å². The molecule has 9 heteroatoms. The quantitative estimate of drug-likeness (QED) is 0.671. The SMILES string of the molecule is CCOc1nc(S(C)(=O)=O)nc2sc(-c3ccc(F)cc3)nc12. The standard InChI is InChI=1S/C14H12FN3O3S2/c1-3-21-11-10-13(18-14(17-11)23(2,19)20)22-12(16-10)8-4-6-9(15)7-5-8/h4-7H,3H2,1-2H3. The third kappa shape index (κ3) is 3.15. The van der Waals surface area contributed by atoms with E-state index in [0.29, 0.717) is 27.5 Å². The Morgan fingerprint density at radius 3 is 2.48 bits per heavy atom. The second-order valence-corrected chi connectivity index (χ2v) is 7.58. The Labute approximate surface area is 135 Å². The summed E-state index contributed by atoms with van der Waals surface area (Å²) in [7, 11) is -3.57. The second-order valence-electron chi connectivity index (χ2n) is 4.70. The molecular formula is C14H12FN3O3S2. The summed E-state index contributed by atoms with van der Waals surface area (Å²) in [5.74, 6) is -0.216. The first-order valence-corrected chi connectivity index (χ1v) is 9.36. The first kappa shape index (κ1) is 15.8. The Bertz CT molecular complexity index is 969. The largest absolute Gasteiger partial charge is 0.476 e. The molecule has 2 aromatic heterocycles. The smallest absolute Gasteiger partial charge is 0.251 e. The summed E-state index contributed by atoms with van der Waals surface area (Å²) in [4.78, 5) is 12.8. The molecule has 0 amide bonds. The third-order valence-electron chi connectivity index (χ3n) is 2.91. The van der Waals surface area contributed by atoms with Gasteiger partial charge in [-0.25, -0.2) is 22.8 Å². The van der Waals surface area contributed by atoms with Crippen molar-refractivity contribution < 1.29 is 17.5 Å². The molecular weight excluding hydrogens is 341 g/mol. The van der Waals surface area contributed by atoms with Crippen LogP contribution < -0.4 is 4.74 Å². The van der Waals surface area contributed by atoms with Crippen molar-refractivity contribution in [3.8, 4) is 16.5 Å². The highest BCUT2D eigenvalue weighted by atomic mass is 32.2. The van der Waals surface area contributed by atoms with E-state index in [9.17, 15) is 12.8 Å². The molecule has 3 aromatic rings. The van der Waals surface area contributed by atoms with Gasteiger partial charge in [-0.05, 0) is 31.2 Å². The van der Waals surface area contributed by atoms with Gasteiger partial charge in [0.25, 0.3) is 5.16 Å². The van der Waals surface area contributed by atoms with Gasteiger partial charge in [-0.2, -0.15) is 4.98 Å². The molecule has 0 unspecified atom stereocenters. The van der Waals surface area contributed by atoms with E-state index >= 15 is 0 Å². The lowest BCUT2D eigenvalue weighted by atomic mass is 10.2. The summed E-state index contributed by atoms with van der Waals surface area (Å²) < 4.78 is 41.8. The Balaban J connectivity index is 2.21.